The number of fused-ring (bicyclic) bond motifs is 1. The molecule has 0 radical (unpaired) electrons. The molecular formula is C22H24N4O3. The number of aromatic nitrogens is 3. The van der Waals surface area contributed by atoms with Gasteiger partial charge in [-0.15, -0.1) is 0 Å². The number of hydrogen-bond donors (Lipinski definition) is 1. The van der Waals surface area contributed by atoms with Crippen molar-refractivity contribution in [1.29, 1.82) is 0 Å². The number of ether oxygens (including phenoxy) is 2. The number of benzene rings is 1. The van der Waals surface area contributed by atoms with E-state index in [1.807, 2.05) is 24.3 Å². The van der Waals surface area contributed by atoms with Gasteiger partial charge in [0.1, 0.15) is 5.82 Å². The maximum atomic E-state index is 12.6. The molecule has 0 unspecified atom stereocenters. The zero-order valence-electron chi connectivity index (χ0n) is 16.9. The third-order valence-corrected chi connectivity index (χ3v) is 5.34. The molecular weight excluding hydrogens is 368 g/mol. The number of nitrogens with zero attached hydrogens (tertiary/aromatic N) is 3. The number of hydrogen-bond acceptors (Lipinski definition) is 6. The molecule has 7 heteroatoms. The number of pyridine rings is 1. The molecule has 150 valence electrons. The van der Waals surface area contributed by atoms with Crippen molar-refractivity contribution in [1.82, 2.24) is 19.9 Å². The van der Waals surface area contributed by atoms with Crippen LogP contribution >= 0.6 is 0 Å². The predicted molar refractivity (Wildman–Crippen MR) is 110 cm³/mol. The molecule has 29 heavy (non-hydrogen) atoms. The number of rotatable bonds is 5. The second-order valence-corrected chi connectivity index (χ2v) is 7.17. The molecule has 1 aliphatic rings. The van der Waals surface area contributed by atoms with Crippen LogP contribution in [0.2, 0.25) is 0 Å². The molecule has 0 bridgehead atoms. The van der Waals surface area contributed by atoms with E-state index < -0.39 is 0 Å². The quantitative estimate of drug-likeness (QED) is 0.719. The first-order valence-corrected chi connectivity index (χ1v) is 9.55. The molecule has 3 aromatic rings. The predicted octanol–water partition coefficient (Wildman–Crippen LogP) is 2.72. The van der Waals surface area contributed by atoms with Gasteiger partial charge in [0.05, 0.1) is 19.9 Å². The number of H-pyrrole nitrogens is 1. The zero-order chi connectivity index (χ0) is 20.4. The molecule has 1 aromatic carbocycles. The Kier molecular flexibility index (Phi) is 5.31. The van der Waals surface area contributed by atoms with Crippen LogP contribution < -0.4 is 15.0 Å². The van der Waals surface area contributed by atoms with Gasteiger partial charge in [0.25, 0.3) is 5.56 Å². The van der Waals surface area contributed by atoms with Gasteiger partial charge in [-0.2, -0.15) is 0 Å². The van der Waals surface area contributed by atoms with Crippen molar-refractivity contribution in [3.63, 3.8) is 0 Å². The van der Waals surface area contributed by atoms with Gasteiger partial charge >= 0.3 is 0 Å². The van der Waals surface area contributed by atoms with Crippen LogP contribution in [0.1, 0.15) is 22.4 Å². The van der Waals surface area contributed by atoms with Crippen LogP contribution in [-0.2, 0) is 19.5 Å². The summed E-state index contributed by atoms with van der Waals surface area (Å²) < 4.78 is 10.8. The van der Waals surface area contributed by atoms with E-state index in [2.05, 4.69) is 21.8 Å². The van der Waals surface area contributed by atoms with E-state index in [4.69, 9.17) is 14.5 Å². The molecule has 4 rings (SSSR count). The van der Waals surface area contributed by atoms with Crippen molar-refractivity contribution in [3.8, 4) is 22.9 Å². The first-order valence-electron chi connectivity index (χ1n) is 9.55. The first kappa shape index (κ1) is 19.1. The molecule has 3 heterocycles. The molecule has 2 aromatic heterocycles. The Labute approximate surface area is 169 Å². The van der Waals surface area contributed by atoms with E-state index in [9.17, 15) is 4.79 Å². The summed E-state index contributed by atoms with van der Waals surface area (Å²) in [6.07, 6.45) is 4.07. The van der Waals surface area contributed by atoms with E-state index >= 15 is 0 Å². The highest BCUT2D eigenvalue weighted by Gasteiger charge is 2.22. The van der Waals surface area contributed by atoms with Crippen LogP contribution in [0.5, 0.6) is 11.5 Å². The van der Waals surface area contributed by atoms with Gasteiger partial charge in [-0.05, 0) is 48.7 Å². The summed E-state index contributed by atoms with van der Waals surface area (Å²) in [5, 5.41) is 0. The zero-order valence-corrected chi connectivity index (χ0v) is 16.9. The minimum absolute atomic E-state index is 0.0521. The van der Waals surface area contributed by atoms with Crippen LogP contribution in [0.3, 0.4) is 0 Å². The summed E-state index contributed by atoms with van der Waals surface area (Å²) in [5.41, 5.74) is 4.74. The van der Waals surface area contributed by atoms with Gasteiger partial charge in [0.2, 0.25) is 0 Å². The Morgan fingerprint density at radius 1 is 1.14 bits per heavy atom. The SMILES string of the molecule is COc1cc(C)c(CN2CCc3c(nc(-c4ccncc4)[nH]c3=O)C2)cc1OC. The van der Waals surface area contributed by atoms with E-state index in [0.717, 1.165) is 47.0 Å². The molecule has 1 N–H and O–H groups in total. The van der Waals surface area contributed by atoms with Gasteiger partial charge < -0.3 is 14.5 Å². The fourth-order valence-electron chi connectivity index (χ4n) is 3.71. The van der Waals surface area contributed by atoms with Crippen LogP contribution in [0, 0.1) is 6.92 Å². The van der Waals surface area contributed by atoms with Gasteiger partial charge in [-0.1, -0.05) is 0 Å². The Morgan fingerprint density at radius 2 is 1.86 bits per heavy atom. The summed E-state index contributed by atoms with van der Waals surface area (Å²) in [5.74, 6) is 2.04. The number of aromatic amines is 1. The highest BCUT2D eigenvalue weighted by molar-refractivity contribution is 5.54. The Balaban J connectivity index is 1.60. The van der Waals surface area contributed by atoms with Crippen molar-refractivity contribution < 1.29 is 9.47 Å². The monoisotopic (exact) mass is 392 g/mol. The minimum atomic E-state index is -0.0521. The number of aryl methyl sites for hydroxylation is 1. The lowest BCUT2D eigenvalue weighted by Crippen LogP contribution is -2.35. The second kappa shape index (κ2) is 8.05. The Bertz CT molecular complexity index is 1080. The standard InChI is InChI=1S/C22H24N4O3/c1-14-10-19(28-2)20(29-3)11-16(14)12-26-9-6-17-18(13-26)24-21(25-22(17)27)15-4-7-23-8-5-15/h4-5,7-8,10-11H,6,9,12-13H2,1-3H3,(H,24,25,27). The molecule has 0 aliphatic carbocycles. The smallest absolute Gasteiger partial charge is 0.254 e. The lowest BCUT2D eigenvalue weighted by atomic mass is 10.0. The fourth-order valence-corrected chi connectivity index (χ4v) is 3.71. The second-order valence-electron chi connectivity index (χ2n) is 7.17. The van der Waals surface area contributed by atoms with Gasteiger partial charge in [-0.3, -0.25) is 14.7 Å². The van der Waals surface area contributed by atoms with Crippen molar-refractivity contribution in [2.75, 3.05) is 20.8 Å². The van der Waals surface area contributed by atoms with Crippen molar-refractivity contribution in [2.45, 2.75) is 26.4 Å². The maximum Gasteiger partial charge on any atom is 0.254 e. The molecule has 7 nitrogen and oxygen atoms in total. The van der Waals surface area contributed by atoms with Gasteiger partial charge in [0, 0.05) is 43.2 Å². The average Bonchev–Trinajstić information content (AvgIpc) is 2.75. The normalized spacial score (nSPS) is 13.8. The first-order chi connectivity index (χ1) is 14.1. The van der Waals surface area contributed by atoms with Crippen molar-refractivity contribution >= 4 is 0 Å². The maximum absolute atomic E-state index is 12.6. The minimum Gasteiger partial charge on any atom is -0.493 e. The third-order valence-electron chi connectivity index (χ3n) is 5.34. The van der Waals surface area contributed by atoms with Crippen LogP contribution in [0.15, 0.2) is 41.5 Å². The highest BCUT2D eigenvalue weighted by atomic mass is 16.5. The molecule has 1 aliphatic heterocycles. The fraction of sp³-hybridized carbons (Fsp3) is 0.318. The molecule has 0 saturated heterocycles. The largest absolute Gasteiger partial charge is 0.493 e. The Morgan fingerprint density at radius 3 is 2.59 bits per heavy atom. The van der Waals surface area contributed by atoms with Crippen molar-refractivity contribution in [3.05, 3.63) is 69.4 Å². The topological polar surface area (TPSA) is 80.3 Å². The summed E-state index contributed by atoms with van der Waals surface area (Å²) in [4.78, 5) is 26.6. The number of methoxy groups -OCH3 is 2. The highest BCUT2D eigenvalue weighted by Crippen LogP contribution is 2.31. The molecule has 0 spiro atoms. The van der Waals surface area contributed by atoms with E-state index in [-0.39, 0.29) is 5.56 Å². The number of nitrogens with one attached hydrogen (secondary N) is 1. The third kappa shape index (κ3) is 3.86. The summed E-state index contributed by atoms with van der Waals surface area (Å²) in [6.45, 7) is 4.26. The summed E-state index contributed by atoms with van der Waals surface area (Å²) in [7, 11) is 3.28. The van der Waals surface area contributed by atoms with E-state index in [1.165, 1.54) is 5.56 Å². The van der Waals surface area contributed by atoms with Crippen LogP contribution in [-0.4, -0.2) is 40.6 Å². The summed E-state index contributed by atoms with van der Waals surface area (Å²) >= 11 is 0. The van der Waals surface area contributed by atoms with Crippen LogP contribution in [0.25, 0.3) is 11.4 Å². The lowest BCUT2D eigenvalue weighted by Gasteiger charge is -2.28. The average molecular weight is 392 g/mol. The Hall–Kier alpha value is -3.19. The molecule has 0 saturated carbocycles. The summed E-state index contributed by atoms with van der Waals surface area (Å²) in [6, 6.07) is 7.71. The van der Waals surface area contributed by atoms with Gasteiger partial charge in [0.15, 0.2) is 11.5 Å². The van der Waals surface area contributed by atoms with Crippen molar-refractivity contribution in [2.24, 2.45) is 0 Å². The van der Waals surface area contributed by atoms with Crippen LogP contribution in [0.4, 0.5) is 0 Å². The van der Waals surface area contributed by atoms with E-state index in [1.54, 1.807) is 26.6 Å². The molecule has 0 atom stereocenters. The molecule has 0 amide bonds. The van der Waals surface area contributed by atoms with Gasteiger partial charge in [-0.25, -0.2) is 4.98 Å². The molecule has 0 fully saturated rings. The lowest BCUT2D eigenvalue weighted by molar-refractivity contribution is 0.239. The van der Waals surface area contributed by atoms with E-state index in [0.29, 0.717) is 18.8 Å².